The van der Waals surface area contributed by atoms with Gasteiger partial charge in [0.25, 0.3) is 0 Å². The first-order valence-electron chi connectivity index (χ1n) is 9.14. The quantitative estimate of drug-likeness (QED) is 0.272. The Labute approximate surface area is 170 Å². The molecule has 0 bridgehead atoms. The van der Waals surface area contributed by atoms with E-state index in [2.05, 4.69) is 10.6 Å². The maximum absolute atomic E-state index is 12.4. The van der Waals surface area contributed by atoms with Gasteiger partial charge in [0.1, 0.15) is 29.3 Å². The van der Waals surface area contributed by atoms with E-state index in [0.29, 0.717) is 0 Å². The Morgan fingerprint density at radius 2 is 1.31 bits per heavy atom. The number of ether oxygens (including phenoxy) is 2. The summed E-state index contributed by atoms with van der Waals surface area (Å²) in [7, 11) is 0. The topological polar surface area (TPSA) is 177 Å². The van der Waals surface area contributed by atoms with Gasteiger partial charge in [-0.1, -0.05) is 0 Å². The lowest BCUT2D eigenvalue weighted by Crippen LogP contribution is -2.53. The van der Waals surface area contributed by atoms with Crippen LogP contribution >= 0.6 is 0 Å². The van der Waals surface area contributed by atoms with Gasteiger partial charge in [0.05, 0.1) is 6.42 Å². The van der Waals surface area contributed by atoms with Crippen LogP contribution in [0.2, 0.25) is 0 Å². The summed E-state index contributed by atoms with van der Waals surface area (Å²) in [5.41, 5.74) is 3.78. The number of carboxylic acid groups (broad SMARTS) is 2. The lowest BCUT2D eigenvalue weighted by atomic mass is 10.1. The van der Waals surface area contributed by atoms with Crippen molar-refractivity contribution in [3.8, 4) is 0 Å². The predicted molar refractivity (Wildman–Crippen MR) is 103 cm³/mol. The maximum Gasteiger partial charge on any atom is 0.324 e. The summed E-state index contributed by atoms with van der Waals surface area (Å²) in [5.74, 6) is -3.97. The molecule has 0 aromatic heterocycles. The van der Waals surface area contributed by atoms with Crippen LogP contribution in [0, 0.1) is 0 Å². The van der Waals surface area contributed by atoms with Crippen molar-refractivity contribution in [2.24, 2.45) is 5.73 Å². The molecule has 0 spiro atoms. The summed E-state index contributed by atoms with van der Waals surface area (Å²) >= 11 is 0. The summed E-state index contributed by atoms with van der Waals surface area (Å²) in [6.45, 7) is 9.43. The Bertz CT molecular complexity index is 595. The van der Waals surface area contributed by atoms with Gasteiger partial charge in [-0.3, -0.25) is 19.2 Å². The highest BCUT2D eigenvalue weighted by Gasteiger charge is 2.31. The molecule has 29 heavy (non-hydrogen) atoms. The Morgan fingerprint density at radius 3 is 1.72 bits per heavy atom. The van der Waals surface area contributed by atoms with Crippen LogP contribution < -0.4 is 16.4 Å². The Balaban J connectivity index is 5.15. The number of aliphatic carboxylic acids is 2. The molecule has 6 N–H and O–H groups in total. The zero-order chi connectivity index (χ0) is 23.0. The minimum Gasteiger partial charge on any atom is -0.480 e. The molecule has 0 heterocycles. The van der Waals surface area contributed by atoms with E-state index in [4.69, 9.17) is 20.3 Å². The predicted octanol–water partition coefficient (Wildman–Crippen LogP) is -0.527. The van der Waals surface area contributed by atoms with Crippen molar-refractivity contribution < 1.29 is 38.9 Å². The highest BCUT2D eigenvalue weighted by atomic mass is 16.6. The van der Waals surface area contributed by atoms with Crippen molar-refractivity contribution in [1.29, 1.82) is 0 Å². The van der Waals surface area contributed by atoms with Crippen molar-refractivity contribution in [1.82, 2.24) is 10.6 Å². The highest BCUT2D eigenvalue weighted by Crippen LogP contribution is 2.13. The summed E-state index contributed by atoms with van der Waals surface area (Å²) < 4.78 is 10.5. The fourth-order valence-corrected chi connectivity index (χ4v) is 2.03. The smallest absolute Gasteiger partial charge is 0.324 e. The van der Waals surface area contributed by atoms with Gasteiger partial charge in [-0.05, 0) is 41.5 Å². The molecule has 0 amide bonds. The normalized spacial score (nSPS) is 15.1. The molecule has 0 aliphatic carbocycles. The minimum atomic E-state index is -1.29. The SMILES string of the molecule is CC(C)(C)OC(=O)C[C@H](NCC(NC[C@H](N)C(=O)O)C(=O)O)C(=O)OC(C)(C)C. The molecule has 3 atom stereocenters. The van der Waals surface area contributed by atoms with Crippen LogP contribution in [0.25, 0.3) is 0 Å². The van der Waals surface area contributed by atoms with Crippen LogP contribution in [-0.4, -0.2) is 76.5 Å². The number of hydrogen-bond donors (Lipinski definition) is 5. The van der Waals surface area contributed by atoms with Crippen LogP contribution in [0.4, 0.5) is 0 Å². The molecule has 0 radical (unpaired) electrons. The monoisotopic (exact) mass is 419 g/mol. The van der Waals surface area contributed by atoms with Crippen LogP contribution in [-0.2, 0) is 28.7 Å². The molecule has 11 nitrogen and oxygen atoms in total. The van der Waals surface area contributed by atoms with Crippen LogP contribution in [0.15, 0.2) is 0 Å². The second kappa shape index (κ2) is 11.1. The van der Waals surface area contributed by atoms with Crippen molar-refractivity contribution in [3.63, 3.8) is 0 Å². The van der Waals surface area contributed by atoms with Crippen LogP contribution in [0.1, 0.15) is 48.0 Å². The largest absolute Gasteiger partial charge is 0.480 e. The van der Waals surface area contributed by atoms with E-state index in [9.17, 15) is 24.3 Å². The summed E-state index contributed by atoms with van der Waals surface area (Å²) in [4.78, 5) is 46.7. The number of nitrogens with two attached hydrogens (primary N) is 1. The van der Waals surface area contributed by atoms with E-state index in [0.717, 1.165) is 0 Å². The Morgan fingerprint density at radius 1 is 0.828 bits per heavy atom. The molecular weight excluding hydrogens is 386 g/mol. The number of carbonyl (C=O) groups excluding carboxylic acids is 2. The maximum atomic E-state index is 12.4. The van der Waals surface area contributed by atoms with Crippen molar-refractivity contribution >= 4 is 23.9 Å². The fraction of sp³-hybridized carbons (Fsp3) is 0.778. The zero-order valence-electron chi connectivity index (χ0n) is 17.8. The van der Waals surface area contributed by atoms with Crippen LogP contribution in [0.3, 0.4) is 0 Å². The number of carbonyl (C=O) groups is 4. The average Bonchev–Trinajstić information content (AvgIpc) is 2.49. The molecule has 0 aliphatic rings. The number of rotatable bonds is 11. The molecule has 0 aliphatic heterocycles. The second-order valence-corrected chi connectivity index (χ2v) is 8.53. The Kier molecular flexibility index (Phi) is 10.2. The lowest BCUT2D eigenvalue weighted by molar-refractivity contribution is -0.164. The third-order valence-electron chi connectivity index (χ3n) is 3.25. The molecule has 1 unspecified atom stereocenters. The van der Waals surface area contributed by atoms with E-state index < -0.39 is 53.2 Å². The molecule has 0 saturated carbocycles. The first-order valence-corrected chi connectivity index (χ1v) is 9.14. The van der Waals surface area contributed by atoms with E-state index in [-0.39, 0.29) is 19.5 Å². The standard InChI is InChI=1S/C18H33N3O8/c1-17(2,3)28-13(22)7-11(16(27)29-18(4,5)6)21-9-12(15(25)26)20-8-10(19)14(23)24/h10-12,20-21H,7-9,19H2,1-6H3,(H,23,24)(H,25,26)/t10-,11-,12?/m0/s1. The lowest BCUT2D eigenvalue weighted by Gasteiger charge is -2.26. The molecular formula is C18H33N3O8. The summed E-state index contributed by atoms with van der Waals surface area (Å²) in [5, 5.41) is 23.3. The first-order chi connectivity index (χ1) is 13.0. The van der Waals surface area contributed by atoms with Gasteiger partial charge >= 0.3 is 23.9 Å². The molecule has 0 aromatic carbocycles. The van der Waals surface area contributed by atoms with Gasteiger partial charge in [-0.25, -0.2) is 0 Å². The van der Waals surface area contributed by atoms with Crippen molar-refractivity contribution in [3.05, 3.63) is 0 Å². The van der Waals surface area contributed by atoms with Gasteiger partial charge in [-0.15, -0.1) is 0 Å². The third kappa shape index (κ3) is 12.8. The summed E-state index contributed by atoms with van der Waals surface area (Å²) in [6, 6.07) is -3.69. The molecule has 0 rings (SSSR count). The van der Waals surface area contributed by atoms with E-state index >= 15 is 0 Å². The van der Waals surface area contributed by atoms with Crippen LogP contribution in [0.5, 0.6) is 0 Å². The number of nitrogens with one attached hydrogen (secondary N) is 2. The summed E-state index contributed by atoms with van der Waals surface area (Å²) in [6.07, 6.45) is -0.368. The van der Waals surface area contributed by atoms with Gasteiger partial charge in [0.15, 0.2) is 0 Å². The number of carboxylic acids is 2. The van der Waals surface area contributed by atoms with Gasteiger partial charge in [0.2, 0.25) is 0 Å². The Hall–Kier alpha value is -2.24. The first kappa shape index (κ1) is 26.8. The van der Waals surface area contributed by atoms with Gasteiger partial charge in [0, 0.05) is 13.1 Å². The average molecular weight is 419 g/mol. The number of esters is 2. The van der Waals surface area contributed by atoms with E-state index in [1.54, 1.807) is 41.5 Å². The molecule has 0 aromatic rings. The number of hydrogen-bond acceptors (Lipinski definition) is 9. The van der Waals surface area contributed by atoms with Gasteiger partial charge < -0.3 is 36.1 Å². The second-order valence-electron chi connectivity index (χ2n) is 8.53. The molecule has 11 heteroatoms. The van der Waals surface area contributed by atoms with Crippen molar-refractivity contribution in [2.45, 2.75) is 77.3 Å². The molecule has 0 saturated heterocycles. The molecule has 0 fully saturated rings. The van der Waals surface area contributed by atoms with E-state index in [1.165, 1.54) is 0 Å². The third-order valence-corrected chi connectivity index (χ3v) is 3.25. The van der Waals surface area contributed by atoms with E-state index in [1.807, 2.05) is 0 Å². The minimum absolute atomic E-state index is 0.283. The fourth-order valence-electron chi connectivity index (χ4n) is 2.03. The zero-order valence-corrected chi connectivity index (χ0v) is 17.8. The van der Waals surface area contributed by atoms with Crippen molar-refractivity contribution in [2.75, 3.05) is 13.1 Å². The van der Waals surface area contributed by atoms with Gasteiger partial charge in [-0.2, -0.15) is 0 Å². The molecule has 168 valence electrons. The highest BCUT2D eigenvalue weighted by molar-refractivity contribution is 5.83.